The third kappa shape index (κ3) is 4.11. The topological polar surface area (TPSA) is 138 Å². The number of nitrogens with zero attached hydrogens (tertiary/aromatic N) is 1. The van der Waals surface area contributed by atoms with Crippen molar-refractivity contribution in [2.45, 2.75) is 31.2 Å². The lowest BCUT2D eigenvalue weighted by atomic mass is 10.1. The molecule has 0 aliphatic carbocycles. The molecule has 0 amide bonds. The van der Waals surface area contributed by atoms with Gasteiger partial charge in [0.25, 0.3) is 20.9 Å². The lowest BCUT2D eigenvalue weighted by Crippen LogP contribution is -2.37. The Labute approximate surface area is 189 Å². The predicted octanol–water partition coefficient (Wildman–Crippen LogP) is 3.03. The van der Waals surface area contributed by atoms with Crippen LogP contribution in [0.4, 0.5) is 17.1 Å². The van der Waals surface area contributed by atoms with E-state index in [1.54, 1.807) is 19.1 Å². The highest BCUT2D eigenvalue weighted by atomic mass is 35.5. The molecule has 3 rings (SSSR count). The van der Waals surface area contributed by atoms with Crippen LogP contribution in [0.3, 0.4) is 0 Å². The summed E-state index contributed by atoms with van der Waals surface area (Å²) in [7, 11) is -2.03. The minimum atomic E-state index is -4.30. The fourth-order valence-electron chi connectivity index (χ4n) is 3.09. The van der Waals surface area contributed by atoms with E-state index < -0.39 is 31.5 Å². The van der Waals surface area contributed by atoms with E-state index in [2.05, 4.69) is 10.6 Å². The summed E-state index contributed by atoms with van der Waals surface area (Å²) in [4.78, 5) is 28.5. The number of hydroxylamine groups is 1. The maximum atomic E-state index is 12.6. The number of phenols is 1. The summed E-state index contributed by atoms with van der Waals surface area (Å²) >= 11 is 6.00. The van der Waals surface area contributed by atoms with Gasteiger partial charge < -0.3 is 20.2 Å². The predicted molar refractivity (Wildman–Crippen MR) is 120 cm³/mol. The average Bonchev–Trinajstić information content (AvgIpc) is 3.19. The van der Waals surface area contributed by atoms with E-state index in [1.165, 1.54) is 12.1 Å². The molecule has 0 bridgehead atoms. The smallest absolute Gasteiger partial charge is 0.269 e. The minimum absolute atomic E-state index is 0.00340. The monoisotopic (exact) mass is 483 g/mol. The first-order valence-electron chi connectivity index (χ1n) is 9.50. The third-order valence-electron chi connectivity index (χ3n) is 4.94. The van der Waals surface area contributed by atoms with E-state index in [-0.39, 0.29) is 28.1 Å². The van der Waals surface area contributed by atoms with Crippen LogP contribution in [0.2, 0.25) is 5.02 Å². The average molecular weight is 484 g/mol. The highest BCUT2D eigenvalue weighted by Gasteiger charge is 2.31. The lowest BCUT2D eigenvalue weighted by Gasteiger charge is -2.21. The van der Waals surface area contributed by atoms with Gasteiger partial charge in [0.2, 0.25) is 0 Å². The van der Waals surface area contributed by atoms with Gasteiger partial charge in [0.15, 0.2) is 5.75 Å². The molecule has 0 aliphatic rings. The van der Waals surface area contributed by atoms with Gasteiger partial charge in [-0.15, -0.1) is 0 Å². The van der Waals surface area contributed by atoms with Gasteiger partial charge in [0.05, 0.1) is 23.9 Å². The van der Waals surface area contributed by atoms with Crippen LogP contribution in [0, 0.1) is 6.92 Å². The SMILES string of the molecule is CC[C@@H](Nc1c(Nc2ccc(Cl)c(S(=O)(=O)N(C)OC)c2O)c(=O)c1=O)c1ccc(C)o1. The highest BCUT2D eigenvalue weighted by molar-refractivity contribution is 7.89. The lowest BCUT2D eigenvalue weighted by molar-refractivity contribution is -0.0259. The van der Waals surface area contributed by atoms with Gasteiger partial charge in [-0.3, -0.25) is 14.4 Å². The molecule has 32 heavy (non-hydrogen) atoms. The van der Waals surface area contributed by atoms with Crippen LogP contribution in [0.15, 0.2) is 43.2 Å². The first-order valence-corrected chi connectivity index (χ1v) is 11.3. The van der Waals surface area contributed by atoms with Crippen LogP contribution >= 0.6 is 11.6 Å². The number of furan rings is 1. The minimum Gasteiger partial charge on any atom is -0.504 e. The molecule has 3 N–H and O–H groups in total. The molecule has 0 radical (unpaired) electrons. The molecule has 2 aromatic carbocycles. The maximum Gasteiger partial charge on any atom is 0.269 e. The van der Waals surface area contributed by atoms with E-state index in [9.17, 15) is 23.1 Å². The Morgan fingerprint density at radius 1 is 1.19 bits per heavy atom. The van der Waals surface area contributed by atoms with Gasteiger partial charge in [0.1, 0.15) is 27.8 Å². The van der Waals surface area contributed by atoms with Gasteiger partial charge in [-0.1, -0.05) is 23.0 Å². The number of aromatic hydroxyl groups is 1. The molecule has 1 aromatic heterocycles. The summed E-state index contributed by atoms with van der Waals surface area (Å²) in [6.07, 6.45) is 0.559. The molecule has 12 heteroatoms. The van der Waals surface area contributed by atoms with Crippen molar-refractivity contribution in [3.63, 3.8) is 0 Å². The molecule has 1 atom stereocenters. The number of benzene rings is 1. The number of sulfonamides is 1. The third-order valence-corrected chi connectivity index (χ3v) is 7.12. The second-order valence-electron chi connectivity index (χ2n) is 6.96. The van der Waals surface area contributed by atoms with Crippen molar-refractivity contribution in [2.75, 3.05) is 24.8 Å². The van der Waals surface area contributed by atoms with Gasteiger partial charge in [-0.05, 0) is 37.6 Å². The largest absolute Gasteiger partial charge is 0.504 e. The van der Waals surface area contributed by atoms with E-state index in [1.807, 2.05) is 6.92 Å². The molecule has 0 fully saturated rings. The highest BCUT2D eigenvalue weighted by Crippen LogP contribution is 2.40. The Kier molecular flexibility index (Phi) is 6.65. The van der Waals surface area contributed by atoms with Crippen LogP contribution in [0.25, 0.3) is 0 Å². The summed E-state index contributed by atoms with van der Waals surface area (Å²) in [6.45, 7) is 3.67. The number of nitrogens with one attached hydrogen (secondary N) is 2. The molecular weight excluding hydrogens is 462 g/mol. The van der Waals surface area contributed by atoms with E-state index in [4.69, 9.17) is 20.9 Å². The van der Waals surface area contributed by atoms with Crippen LogP contribution in [-0.2, 0) is 14.9 Å². The fourth-order valence-corrected chi connectivity index (χ4v) is 4.66. The molecule has 172 valence electrons. The van der Waals surface area contributed by atoms with Crippen molar-refractivity contribution in [2.24, 2.45) is 0 Å². The van der Waals surface area contributed by atoms with E-state index >= 15 is 0 Å². The zero-order valence-electron chi connectivity index (χ0n) is 17.7. The van der Waals surface area contributed by atoms with Gasteiger partial charge in [0, 0.05) is 7.05 Å². The van der Waals surface area contributed by atoms with Crippen molar-refractivity contribution in [3.8, 4) is 5.75 Å². The van der Waals surface area contributed by atoms with Crippen LogP contribution in [-0.4, -0.2) is 32.2 Å². The summed E-state index contributed by atoms with van der Waals surface area (Å²) < 4.78 is 31.4. The second kappa shape index (κ2) is 8.94. The first-order chi connectivity index (χ1) is 15.0. The number of phenolic OH excluding ortho intramolecular Hbond substituents is 1. The maximum absolute atomic E-state index is 12.6. The fraction of sp³-hybridized carbons (Fsp3) is 0.300. The van der Waals surface area contributed by atoms with Gasteiger partial charge in [-0.2, -0.15) is 0 Å². The molecule has 1 heterocycles. The van der Waals surface area contributed by atoms with Crippen LogP contribution in [0.1, 0.15) is 30.9 Å². The van der Waals surface area contributed by atoms with Crippen LogP contribution < -0.4 is 21.5 Å². The van der Waals surface area contributed by atoms with Crippen molar-refractivity contribution in [1.29, 1.82) is 0 Å². The molecule has 0 aliphatic heterocycles. The quantitative estimate of drug-likeness (QED) is 0.238. The Balaban J connectivity index is 1.98. The Hall–Kier alpha value is -2.86. The molecule has 0 spiro atoms. The van der Waals surface area contributed by atoms with Crippen molar-refractivity contribution < 1.29 is 22.8 Å². The van der Waals surface area contributed by atoms with Crippen molar-refractivity contribution >= 4 is 38.7 Å². The number of anilines is 3. The zero-order valence-corrected chi connectivity index (χ0v) is 19.3. The Morgan fingerprint density at radius 3 is 2.41 bits per heavy atom. The zero-order chi connectivity index (χ0) is 23.8. The van der Waals surface area contributed by atoms with Crippen molar-refractivity contribution in [1.82, 2.24) is 4.47 Å². The standard InChI is InChI=1S/C20H22ClN3O7S/c1-5-12(14-9-6-10(2)31-14)22-15-16(19(27)18(15)26)23-13-8-7-11(21)20(17(13)25)32(28,29)24(3)30-4/h6-9,12,22-23,25H,5H2,1-4H3/t12-/m1/s1. The Morgan fingerprint density at radius 2 is 1.84 bits per heavy atom. The van der Waals surface area contributed by atoms with E-state index in [0.717, 1.165) is 14.2 Å². The molecule has 3 aromatic rings. The summed E-state index contributed by atoms with van der Waals surface area (Å²) in [5.41, 5.74) is -1.80. The number of aryl methyl sites for hydroxylation is 1. The molecule has 10 nitrogen and oxygen atoms in total. The number of rotatable bonds is 9. The summed E-state index contributed by atoms with van der Waals surface area (Å²) in [5, 5.41) is 16.0. The summed E-state index contributed by atoms with van der Waals surface area (Å²) in [6, 6.07) is 5.70. The second-order valence-corrected chi connectivity index (χ2v) is 9.24. The molecule has 0 unspecified atom stereocenters. The number of hydrogen-bond acceptors (Lipinski definition) is 9. The molecule has 0 saturated carbocycles. The van der Waals surface area contributed by atoms with E-state index in [0.29, 0.717) is 22.4 Å². The van der Waals surface area contributed by atoms with Crippen LogP contribution in [0.5, 0.6) is 5.75 Å². The molecule has 0 saturated heterocycles. The van der Waals surface area contributed by atoms with Gasteiger partial charge in [-0.25, -0.2) is 8.42 Å². The summed E-state index contributed by atoms with van der Waals surface area (Å²) in [5.74, 6) is 0.563. The first kappa shape index (κ1) is 23.8. The molecular formula is C20H22ClN3O7S. The Bertz CT molecular complexity index is 1330. The number of halogens is 1. The number of hydrogen-bond donors (Lipinski definition) is 3. The van der Waals surface area contributed by atoms with Gasteiger partial charge >= 0.3 is 0 Å². The van der Waals surface area contributed by atoms with Crippen molar-refractivity contribution in [3.05, 3.63) is 61.3 Å². The normalized spacial score (nSPS) is 12.9.